The maximum absolute atomic E-state index is 12.8. The number of ether oxygens (including phenoxy) is 1. The molecule has 4 heteroatoms. The number of hydrogen-bond acceptors (Lipinski definition) is 2. The Morgan fingerprint density at radius 3 is 2.48 bits per heavy atom. The van der Waals surface area contributed by atoms with Crippen LogP contribution in [0.4, 0.5) is 4.39 Å². The number of para-hydroxylation sites is 1. The topological polar surface area (TPSA) is 29.5 Å². The van der Waals surface area contributed by atoms with Crippen molar-refractivity contribution in [1.29, 1.82) is 0 Å². The van der Waals surface area contributed by atoms with Crippen molar-refractivity contribution < 1.29 is 13.9 Å². The van der Waals surface area contributed by atoms with Gasteiger partial charge in [-0.3, -0.25) is 4.79 Å². The van der Waals surface area contributed by atoms with Gasteiger partial charge < -0.3 is 9.64 Å². The molecule has 0 saturated heterocycles. The molecule has 0 unspecified atom stereocenters. The Morgan fingerprint density at radius 1 is 1.14 bits per heavy atom. The van der Waals surface area contributed by atoms with Crippen molar-refractivity contribution in [3.8, 4) is 5.75 Å². The third-order valence-electron chi connectivity index (χ3n) is 3.29. The number of rotatable bonds is 5. The van der Waals surface area contributed by atoms with Crippen LogP contribution < -0.4 is 4.74 Å². The molecule has 0 aliphatic carbocycles. The molecule has 0 radical (unpaired) electrons. The highest BCUT2D eigenvalue weighted by Crippen LogP contribution is 2.19. The average Bonchev–Trinajstić information content (AvgIpc) is 2.50. The zero-order valence-electron chi connectivity index (χ0n) is 12.2. The zero-order chi connectivity index (χ0) is 15.2. The van der Waals surface area contributed by atoms with Crippen LogP contribution in [-0.4, -0.2) is 25.0 Å². The average molecular weight is 287 g/mol. The molecule has 0 heterocycles. The molecule has 1 amide bonds. The highest BCUT2D eigenvalue weighted by molar-refractivity contribution is 5.78. The zero-order valence-corrected chi connectivity index (χ0v) is 12.2. The number of carbonyl (C=O) groups excluding carboxylic acids is 1. The molecule has 0 aromatic heterocycles. The van der Waals surface area contributed by atoms with E-state index in [-0.39, 0.29) is 18.1 Å². The molecular weight excluding hydrogens is 269 g/mol. The van der Waals surface area contributed by atoms with E-state index >= 15 is 0 Å². The molecule has 2 rings (SSSR count). The number of carbonyl (C=O) groups is 1. The molecule has 3 nitrogen and oxygen atoms in total. The summed E-state index contributed by atoms with van der Waals surface area (Å²) in [4.78, 5) is 13.8. The molecule has 0 fully saturated rings. The van der Waals surface area contributed by atoms with Gasteiger partial charge in [0.25, 0.3) is 0 Å². The quantitative estimate of drug-likeness (QED) is 0.846. The van der Waals surface area contributed by atoms with Crippen molar-refractivity contribution in [1.82, 2.24) is 4.90 Å². The van der Waals surface area contributed by atoms with Gasteiger partial charge in [0.05, 0.1) is 13.5 Å². The highest BCUT2D eigenvalue weighted by Gasteiger charge is 2.12. The van der Waals surface area contributed by atoms with Gasteiger partial charge in [-0.1, -0.05) is 30.3 Å². The first kappa shape index (κ1) is 15.0. The van der Waals surface area contributed by atoms with Crippen LogP contribution in [0.5, 0.6) is 5.75 Å². The van der Waals surface area contributed by atoms with Crippen molar-refractivity contribution in [2.45, 2.75) is 13.0 Å². The molecule has 0 N–H and O–H groups in total. The van der Waals surface area contributed by atoms with Crippen LogP contribution in [0.25, 0.3) is 0 Å². The summed E-state index contributed by atoms with van der Waals surface area (Å²) in [7, 11) is 3.36. The van der Waals surface area contributed by atoms with Crippen LogP contribution in [0.2, 0.25) is 0 Å². The van der Waals surface area contributed by atoms with Crippen LogP contribution in [0.15, 0.2) is 48.5 Å². The number of benzene rings is 2. The van der Waals surface area contributed by atoms with Gasteiger partial charge >= 0.3 is 0 Å². The van der Waals surface area contributed by atoms with Gasteiger partial charge in [-0.25, -0.2) is 4.39 Å². The number of hydrogen-bond donors (Lipinski definition) is 0. The Labute approximate surface area is 124 Å². The number of halogens is 1. The maximum atomic E-state index is 12.8. The molecule has 110 valence electrons. The van der Waals surface area contributed by atoms with Crippen molar-refractivity contribution in [3.05, 3.63) is 65.5 Å². The smallest absolute Gasteiger partial charge is 0.227 e. The van der Waals surface area contributed by atoms with E-state index in [1.54, 1.807) is 31.2 Å². The summed E-state index contributed by atoms with van der Waals surface area (Å²) in [5, 5.41) is 0. The van der Waals surface area contributed by atoms with Crippen molar-refractivity contribution >= 4 is 5.91 Å². The van der Waals surface area contributed by atoms with Crippen LogP contribution in [0, 0.1) is 5.82 Å². The molecular formula is C17H18FNO2. The molecule has 0 saturated carbocycles. The van der Waals surface area contributed by atoms with Gasteiger partial charge in [-0.05, 0) is 23.8 Å². The fraction of sp³-hybridized carbons (Fsp3) is 0.235. The summed E-state index contributed by atoms with van der Waals surface area (Å²) in [5.74, 6) is 0.444. The first-order valence-electron chi connectivity index (χ1n) is 6.70. The molecule has 0 atom stereocenters. The molecule has 0 spiro atoms. The Balaban J connectivity index is 2.01. The third-order valence-corrected chi connectivity index (χ3v) is 3.29. The molecule has 0 bridgehead atoms. The lowest BCUT2D eigenvalue weighted by Gasteiger charge is -2.19. The second-order valence-corrected chi connectivity index (χ2v) is 4.86. The summed E-state index contributed by atoms with van der Waals surface area (Å²) in [6.45, 7) is 0.476. The first-order valence-corrected chi connectivity index (χ1v) is 6.70. The summed E-state index contributed by atoms with van der Waals surface area (Å²) >= 11 is 0. The number of amides is 1. The highest BCUT2D eigenvalue weighted by atomic mass is 19.1. The predicted molar refractivity (Wildman–Crippen MR) is 79.6 cm³/mol. The minimum Gasteiger partial charge on any atom is -0.496 e. The second kappa shape index (κ2) is 6.88. The van der Waals surface area contributed by atoms with E-state index in [9.17, 15) is 9.18 Å². The Morgan fingerprint density at radius 2 is 1.81 bits per heavy atom. The normalized spacial score (nSPS) is 10.2. The molecule has 2 aromatic rings. The maximum Gasteiger partial charge on any atom is 0.227 e. The third kappa shape index (κ3) is 4.05. The number of methoxy groups -OCH3 is 1. The van der Waals surface area contributed by atoms with Gasteiger partial charge in [0.1, 0.15) is 11.6 Å². The van der Waals surface area contributed by atoms with E-state index < -0.39 is 0 Å². The standard InChI is InChI=1S/C17H18FNO2/c1-19(12-14-5-3-4-6-16(14)21-2)17(20)11-13-7-9-15(18)10-8-13/h3-10H,11-12H2,1-2H3. The largest absolute Gasteiger partial charge is 0.496 e. The first-order chi connectivity index (χ1) is 10.1. The summed E-state index contributed by atoms with van der Waals surface area (Å²) in [6, 6.07) is 13.6. The van der Waals surface area contributed by atoms with Crippen molar-refractivity contribution in [3.63, 3.8) is 0 Å². The van der Waals surface area contributed by atoms with E-state index in [0.717, 1.165) is 16.9 Å². The summed E-state index contributed by atoms with van der Waals surface area (Å²) in [6.07, 6.45) is 0.256. The van der Waals surface area contributed by atoms with Crippen LogP contribution in [0.1, 0.15) is 11.1 Å². The van der Waals surface area contributed by atoms with Gasteiger partial charge in [0.15, 0.2) is 0 Å². The van der Waals surface area contributed by atoms with E-state index in [1.165, 1.54) is 12.1 Å². The molecule has 2 aromatic carbocycles. The van der Waals surface area contributed by atoms with E-state index in [0.29, 0.717) is 6.54 Å². The van der Waals surface area contributed by atoms with Gasteiger partial charge in [0, 0.05) is 19.2 Å². The Bertz CT molecular complexity index is 610. The Hall–Kier alpha value is -2.36. The van der Waals surface area contributed by atoms with Crippen molar-refractivity contribution in [2.24, 2.45) is 0 Å². The van der Waals surface area contributed by atoms with Gasteiger partial charge in [-0.2, -0.15) is 0 Å². The Kier molecular flexibility index (Phi) is 4.93. The van der Waals surface area contributed by atoms with Crippen LogP contribution in [0.3, 0.4) is 0 Å². The van der Waals surface area contributed by atoms with Crippen LogP contribution in [-0.2, 0) is 17.8 Å². The predicted octanol–water partition coefficient (Wildman–Crippen LogP) is 3.04. The number of nitrogens with zero attached hydrogens (tertiary/aromatic N) is 1. The molecule has 21 heavy (non-hydrogen) atoms. The van der Waals surface area contributed by atoms with Gasteiger partial charge in [-0.15, -0.1) is 0 Å². The molecule has 0 aliphatic heterocycles. The monoisotopic (exact) mass is 287 g/mol. The minimum absolute atomic E-state index is 0.0208. The fourth-order valence-electron chi connectivity index (χ4n) is 2.09. The van der Waals surface area contributed by atoms with E-state index in [1.807, 2.05) is 24.3 Å². The van der Waals surface area contributed by atoms with E-state index in [4.69, 9.17) is 4.74 Å². The summed E-state index contributed by atoms with van der Waals surface area (Å²) < 4.78 is 18.1. The second-order valence-electron chi connectivity index (χ2n) is 4.86. The summed E-state index contributed by atoms with van der Waals surface area (Å²) in [5.41, 5.74) is 1.75. The van der Waals surface area contributed by atoms with E-state index in [2.05, 4.69) is 0 Å². The lowest BCUT2D eigenvalue weighted by atomic mass is 10.1. The van der Waals surface area contributed by atoms with Crippen molar-refractivity contribution in [2.75, 3.05) is 14.2 Å². The fourth-order valence-corrected chi connectivity index (χ4v) is 2.09. The SMILES string of the molecule is COc1ccccc1CN(C)C(=O)Cc1ccc(F)cc1. The lowest BCUT2D eigenvalue weighted by Crippen LogP contribution is -2.27. The number of likely N-dealkylation sites (N-methyl/N-ethyl adjacent to an activating group) is 1. The molecule has 0 aliphatic rings. The van der Waals surface area contributed by atoms with Crippen LogP contribution >= 0.6 is 0 Å². The minimum atomic E-state index is -0.298. The van der Waals surface area contributed by atoms with Gasteiger partial charge in [0.2, 0.25) is 5.91 Å². The lowest BCUT2D eigenvalue weighted by molar-refractivity contribution is -0.129.